The van der Waals surface area contributed by atoms with Gasteiger partial charge in [-0.15, -0.1) is 0 Å². The van der Waals surface area contributed by atoms with Gasteiger partial charge >= 0.3 is 0 Å². The fourth-order valence-corrected chi connectivity index (χ4v) is 3.30. The molecule has 128 valence electrons. The van der Waals surface area contributed by atoms with Crippen LogP contribution in [-0.4, -0.2) is 53.9 Å². The summed E-state index contributed by atoms with van der Waals surface area (Å²) >= 11 is 0. The van der Waals surface area contributed by atoms with E-state index in [-0.39, 0.29) is 11.9 Å². The maximum absolute atomic E-state index is 13.1. The first-order valence-electron chi connectivity index (χ1n) is 8.61. The molecule has 1 aliphatic heterocycles. The van der Waals surface area contributed by atoms with E-state index in [0.717, 1.165) is 37.9 Å². The van der Waals surface area contributed by atoms with Gasteiger partial charge in [-0.1, -0.05) is 30.3 Å². The second-order valence-electron chi connectivity index (χ2n) is 6.64. The molecule has 0 saturated carbocycles. The number of nitrogens with zero attached hydrogens (tertiary/aromatic N) is 3. The van der Waals surface area contributed by atoms with Gasteiger partial charge in [-0.3, -0.25) is 4.79 Å². The Morgan fingerprint density at radius 3 is 2.83 bits per heavy atom. The number of oxazole rings is 1. The van der Waals surface area contributed by atoms with Crippen LogP contribution in [0.15, 0.2) is 41.1 Å². The zero-order chi connectivity index (χ0) is 16.9. The van der Waals surface area contributed by atoms with E-state index in [9.17, 15) is 4.79 Å². The largest absolute Gasteiger partial charge is 0.443 e. The summed E-state index contributed by atoms with van der Waals surface area (Å²) in [7, 11) is 4.14. The van der Waals surface area contributed by atoms with Crippen LogP contribution in [0.25, 0.3) is 11.3 Å². The number of aromatic nitrogens is 1. The molecule has 1 amide bonds. The van der Waals surface area contributed by atoms with Crippen LogP contribution in [0.3, 0.4) is 0 Å². The summed E-state index contributed by atoms with van der Waals surface area (Å²) in [6.07, 6.45) is 5.68. The van der Waals surface area contributed by atoms with Crippen molar-refractivity contribution < 1.29 is 9.21 Å². The standard InChI is InChI=1S/C19H25N3O2/c1-21(2)13-11-16-10-6-7-12-22(16)19(23)17-18(24-14-20-17)15-8-4-3-5-9-15/h3-5,8-9,14,16H,6-7,10-13H2,1-2H3/t16-/m0/s1. The lowest BCUT2D eigenvalue weighted by molar-refractivity contribution is 0.0586. The van der Waals surface area contributed by atoms with Crippen molar-refractivity contribution in [1.29, 1.82) is 0 Å². The molecule has 0 radical (unpaired) electrons. The lowest BCUT2D eigenvalue weighted by atomic mass is 9.98. The van der Waals surface area contributed by atoms with Crippen LogP contribution in [0.2, 0.25) is 0 Å². The van der Waals surface area contributed by atoms with Gasteiger partial charge in [-0.05, 0) is 46.3 Å². The Morgan fingerprint density at radius 2 is 2.08 bits per heavy atom. The highest BCUT2D eigenvalue weighted by Gasteiger charge is 2.30. The molecule has 1 saturated heterocycles. The minimum absolute atomic E-state index is 0.00828. The summed E-state index contributed by atoms with van der Waals surface area (Å²) < 4.78 is 5.53. The third-order valence-electron chi connectivity index (χ3n) is 4.60. The summed E-state index contributed by atoms with van der Waals surface area (Å²) in [5.74, 6) is 0.559. The monoisotopic (exact) mass is 327 g/mol. The first-order valence-corrected chi connectivity index (χ1v) is 8.61. The minimum Gasteiger partial charge on any atom is -0.443 e. The summed E-state index contributed by atoms with van der Waals surface area (Å²) in [6.45, 7) is 1.79. The van der Waals surface area contributed by atoms with Crippen molar-refractivity contribution in [3.05, 3.63) is 42.4 Å². The Balaban J connectivity index is 1.81. The quantitative estimate of drug-likeness (QED) is 0.845. The zero-order valence-electron chi connectivity index (χ0n) is 14.4. The van der Waals surface area contributed by atoms with E-state index in [1.807, 2.05) is 35.2 Å². The molecule has 1 aromatic heterocycles. The van der Waals surface area contributed by atoms with Crippen molar-refractivity contribution in [2.75, 3.05) is 27.2 Å². The van der Waals surface area contributed by atoms with E-state index >= 15 is 0 Å². The van der Waals surface area contributed by atoms with Crippen LogP contribution in [0, 0.1) is 0 Å². The second-order valence-corrected chi connectivity index (χ2v) is 6.64. The van der Waals surface area contributed by atoms with Crippen LogP contribution in [-0.2, 0) is 0 Å². The summed E-state index contributed by atoms with van der Waals surface area (Å²) in [5, 5.41) is 0. The number of piperidine rings is 1. The molecule has 2 heterocycles. The third kappa shape index (κ3) is 3.67. The Kier molecular flexibility index (Phi) is 5.30. The molecule has 1 atom stereocenters. The molecule has 2 aromatic rings. The maximum atomic E-state index is 13.1. The second kappa shape index (κ2) is 7.62. The Bertz CT molecular complexity index is 666. The van der Waals surface area contributed by atoms with E-state index in [1.165, 1.54) is 12.8 Å². The van der Waals surface area contributed by atoms with Gasteiger partial charge in [0.25, 0.3) is 5.91 Å². The third-order valence-corrected chi connectivity index (χ3v) is 4.60. The highest BCUT2D eigenvalue weighted by atomic mass is 16.3. The van der Waals surface area contributed by atoms with E-state index in [1.54, 1.807) is 0 Å². The molecular weight excluding hydrogens is 302 g/mol. The van der Waals surface area contributed by atoms with Crippen LogP contribution in [0.4, 0.5) is 0 Å². The lowest BCUT2D eigenvalue weighted by Crippen LogP contribution is -2.45. The molecule has 1 aromatic carbocycles. The summed E-state index contributed by atoms with van der Waals surface area (Å²) in [4.78, 5) is 21.5. The normalized spacial score (nSPS) is 18.1. The van der Waals surface area contributed by atoms with Gasteiger partial charge in [0, 0.05) is 18.2 Å². The van der Waals surface area contributed by atoms with Gasteiger partial charge in [0.2, 0.25) is 0 Å². The van der Waals surface area contributed by atoms with E-state index in [0.29, 0.717) is 11.5 Å². The van der Waals surface area contributed by atoms with E-state index < -0.39 is 0 Å². The van der Waals surface area contributed by atoms with E-state index in [2.05, 4.69) is 24.0 Å². The Morgan fingerprint density at radius 1 is 1.29 bits per heavy atom. The molecule has 1 aliphatic rings. The molecule has 5 heteroatoms. The number of benzene rings is 1. The van der Waals surface area contributed by atoms with Crippen molar-refractivity contribution in [3.8, 4) is 11.3 Å². The minimum atomic E-state index is -0.00828. The molecule has 0 aliphatic carbocycles. The SMILES string of the molecule is CN(C)CC[C@@H]1CCCCN1C(=O)c1ncoc1-c1ccccc1. The number of hydrogen-bond acceptors (Lipinski definition) is 4. The Hall–Kier alpha value is -2.14. The van der Waals surface area contributed by atoms with Crippen molar-refractivity contribution in [2.45, 2.75) is 31.7 Å². The predicted octanol–water partition coefficient (Wildman–Crippen LogP) is 3.29. The van der Waals surface area contributed by atoms with Crippen LogP contribution < -0.4 is 0 Å². The van der Waals surface area contributed by atoms with Crippen molar-refractivity contribution in [1.82, 2.24) is 14.8 Å². The predicted molar refractivity (Wildman–Crippen MR) is 93.8 cm³/mol. The van der Waals surface area contributed by atoms with Crippen molar-refractivity contribution in [3.63, 3.8) is 0 Å². The molecule has 0 bridgehead atoms. The van der Waals surface area contributed by atoms with Gasteiger partial charge in [-0.2, -0.15) is 0 Å². The van der Waals surface area contributed by atoms with Crippen LogP contribution in [0.5, 0.6) is 0 Å². The molecule has 0 spiro atoms. The number of rotatable bonds is 5. The molecule has 1 fully saturated rings. The average molecular weight is 327 g/mol. The molecule has 5 nitrogen and oxygen atoms in total. The number of carbonyl (C=O) groups is 1. The van der Waals surface area contributed by atoms with Crippen molar-refractivity contribution in [2.24, 2.45) is 0 Å². The number of carbonyl (C=O) groups excluding carboxylic acids is 1. The van der Waals surface area contributed by atoms with Gasteiger partial charge in [0.05, 0.1) is 0 Å². The first kappa shape index (κ1) is 16.7. The molecule has 24 heavy (non-hydrogen) atoms. The Labute approximate surface area is 143 Å². The molecule has 0 N–H and O–H groups in total. The summed E-state index contributed by atoms with van der Waals surface area (Å²) in [5.41, 5.74) is 1.32. The molecule has 3 rings (SSSR count). The van der Waals surface area contributed by atoms with Gasteiger partial charge in [0.1, 0.15) is 0 Å². The number of amides is 1. The average Bonchev–Trinajstić information content (AvgIpc) is 3.10. The smallest absolute Gasteiger partial charge is 0.276 e. The fraction of sp³-hybridized carbons (Fsp3) is 0.474. The van der Waals surface area contributed by atoms with Gasteiger partial charge in [0.15, 0.2) is 17.8 Å². The van der Waals surface area contributed by atoms with Gasteiger partial charge < -0.3 is 14.2 Å². The molecular formula is C19H25N3O2. The molecule has 0 unspecified atom stereocenters. The fourth-order valence-electron chi connectivity index (χ4n) is 3.30. The first-order chi connectivity index (χ1) is 11.7. The van der Waals surface area contributed by atoms with Crippen LogP contribution in [0.1, 0.15) is 36.2 Å². The highest BCUT2D eigenvalue weighted by Crippen LogP contribution is 2.27. The zero-order valence-corrected chi connectivity index (χ0v) is 14.4. The topological polar surface area (TPSA) is 49.6 Å². The highest BCUT2D eigenvalue weighted by molar-refractivity contribution is 5.97. The van der Waals surface area contributed by atoms with Crippen molar-refractivity contribution >= 4 is 5.91 Å². The van der Waals surface area contributed by atoms with E-state index in [4.69, 9.17) is 4.42 Å². The number of hydrogen-bond donors (Lipinski definition) is 0. The van der Waals surface area contributed by atoms with Gasteiger partial charge in [-0.25, -0.2) is 4.98 Å². The number of likely N-dealkylation sites (tertiary alicyclic amines) is 1. The summed E-state index contributed by atoms with van der Waals surface area (Å²) in [6, 6.07) is 9.99. The maximum Gasteiger partial charge on any atom is 0.276 e. The van der Waals surface area contributed by atoms with Crippen LogP contribution >= 0.6 is 0 Å². The lowest BCUT2D eigenvalue weighted by Gasteiger charge is -2.36.